The highest BCUT2D eigenvalue weighted by molar-refractivity contribution is 5.41. The van der Waals surface area contributed by atoms with Crippen molar-refractivity contribution in [1.82, 2.24) is 10.2 Å². The van der Waals surface area contributed by atoms with Crippen molar-refractivity contribution in [3.8, 4) is 0 Å². The van der Waals surface area contributed by atoms with Crippen LogP contribution in [0.2, 0.25) is 0 Å². The Hall–Kier alpha value is -0.920. The van der Waals surface area contributed by atoms with Crippen LogP contribution in [0.1, 0.15) is 76.2 Å². The van der Waals surface area contributed by atoms with Crippen LogP contribution in [0.25, 0.3) is 0 Å². The van der Waals surface area contributed by atoms with Crippen molar-refractivity contribution in [3.05, 3.63) is 23.0 Å². The fourth-order valence-corrected chi connectivity index (χ4v) is 3.70. The third-order valence-electron chi connectivity index (χ3n) is 4.87. The molecule has 0 amide bonds. The lowest BCUT2D eigenvalue weighted by atomic mass is 9.80. The van der Waals surface area contributed by atoms with Gasteiger partial charge in [0.25, 0.3) is 0 Å². The molecular formula is C15H22N2. The summed E-state index contributed by atoms with van der Waals surface area (Å²) in [4.78, 5) is 0. The van der Waals surface area contributed by atoms with Gasteiger partial charge in [0, 0.05) is 11.3 Å². The van der Waals surface area contributed by atoms with Gasteiger partial charge in [0.15, 0.2) is 0 Å². The molecule has 2 aliphatic rings. The molecule has 2 unspecified atom stereocenters. The molecule has 0 saturated heterocycles. The minimum Gasteiger partial charge on any atom is -0.155 e. The largest absolute Gasteiger partial charge is 0.155 e. The van der Waals surface area contributed by atoms with Crippen molar-refractivity contribution in [2.75, 3.05) is 0 Å². The normalized spacial score (nSPS) is 29.5. The Morgan fingerprint density at radius 1 is 1.12 bits per heavy atom. The number of rotatable bonds is 0. The van der Waals surface area contributed by atoms with Gasteiger partial charge in [0.1, 0.15) is 0 Å². The van der Waals surface area contributed by atoms with Crippen molar-refractivity contribution in [3.63, 3.8) is 0 Å². The van der Waals surface area contributed by atoms with Gasteiger partial charge < -0.3 is 0 Å². The highest BCUT2D eigenvalue weighted by atomic mass is 15.1. The summed E-state index contributed by atoms with van der Waals surface area (Å²) in [6.07, 6.45) is 2.63. The molecule has 1 aromatic heterocycles. The molecule has 1 aromatic rings. The van der Waals surface area contributed by atoms with E-state index < -0.39 is 0 Å². The van der Waals surface area contributed by atoms with E-state index in [2.05, 4.69) is 50.9 Å². The molecule has 0 radical (unpaired) electrons. The van der Waals surface area contributed by atoms with Crippen LogP contribution >= 0.6 is 0 Å². The lowest BCUT2D eigenvalue weighted by Gasteiger charge is -2.23. The van der Waals surface area contributed by atoms with Gasteiger partial charge in [-0.3, -0.25) is 0 Å². The van der Waals surface area contributed by atoms with Crippen molar-refractivity contribution in [2.24, 2.45) is 5.41 Å². The first-order valence-corrected chi connectivity index (χ1v) is 6.70. The number of hydrogen-bond donors (Lipinski definition) is 0. The molecule has 3 rings (SSSR count). The third kappa shape index (κ3) is 1.39. The molecule has 2 bridgehead atoms. The van der Waals surface area contributed by atoms with Crippen molar-refractivity contribution < 1.29 is 0 Å². The standard InChI is InChI=1S/C15H22N2/c1-14(2,3)12-8-9-10-6-7-11(15(10,4)5)13(9)17-16-12/h8,10-11H,6-7H2,1-5H3. The molecule has 2 aliphatic carbocycles. The van der Waals surface area contributed by atoms with E-state index in [4.69, 9.17) is 0 Å². The fourth-order valence-electron chi connectivity index (χ4n) is 3.70. The Morgan fingerprint density at radius 2 is 1.76 bits per heavy atom. The van der Waals surface area contributed by atoms with Crippen LogP contribution in [0, 0.1) is 5.41 Å². The Bertz CT molecular complexity index is 468. The van der Waals surface area contributed by atoms with Crippen molar-refractivity contribution in [1.29, 1.82) is 0 Å². The van der Waals surface area contributed by atoms with Crippen LogP contribution in [-0.4, -0.2) is 10.2 Å². The fraction of sp³-hybridized carbons (Fsp3) is 0.733. The van der Waals surface area contributed by atoms with E-state index in [1.54, 1.807) is 0 Å². The van der Waals surface area contributed by atoms with Gasteiger partial charge >= 0.3 is 0 Å². The Balaban J connectivity index is 2.12. The van der Waals surface area contributed by atoms with Crippen LogP contribution in [0.4, 0.5) is 0 Å². The Kier molecular flexibility index (Phi) is 2.04. The summed E-state index contributed by atoms with van der Waals surface area (Å²) in [6, 6.07) is 2.33. The van der Waals surface area contributed by atoms with E-state index in [-0.39, 0.29) is 5.41 Å². The molecule has 0 spiro atoms. The molecule has 1 fully saturated rings. The highest BCUT2D eigenvalue weighted by Gasteiger charge is 2.52. The van der Waals surface area contributed by atoms with Crippen LogP contribution in [0.5, 0.6) is 0 Å². The lowest BCUT2D eigenvalue weighted by molar-refractivity contribution is 0.323. The SMILES string of the molecule is CC(C)(C)c1cc2c(nn1)C1CCC2C1(C)C. The quantitative estimate of drug-likeness (QED) is 0.678. The van der Waals surface area contributed by atoms with Crippen LogP contribution in [-0.2, 0) is 5.41 Å². The van der Waals surface area contributed by atoms with E-state index >= 15 is 0 Å². The average molecular weight is 230 g/mol. The second-order valence-electron chi connectivity index (χ2n) is 7.32. The van der Waals surface area contributed by atoms with Gasteiger partial charge in [-0.15, -0.1) is 0 Å². The Labute approximate surface area is 104 Å². The maximum absolute atomic E-state index is 4.55. The van der Waals surface area contributed by atoms with Gasteiger partial charge in [-0.1, -0.05) is 34.6 Å². The van der Waals surface area contributed by atoms with E-state index in [0.717, 1.165) is 5.69 Å². The predicted molar refractivity (Wildman–Crippen MR) is 69.2 cm³/mol. The molecule has 17 heavy (non-hydrogen) atoms. The Morgan fingerprint density at radius 3 is 2.41 bits per heavy atom. The summed E-state index contributed by atoms with van der Waals surface area (Å²) >= 11 is 0. The maximum atomic E-state index is 4.55. The number of fused-ring (bicyclic) bond motifs is 5. The monoisotopic (exact) mass is 230 g/mol. The second-order valence-corrected chi connectivity index (χ2v) is 7.32. The topological polar surface area (TPSA) is 25.8 Å². The smallest absolute Gasteiger partial charge is 0.0702 e. The zero-order valence-corrected chi connectivity index (χ0v) is 11.5. The predicted octanol–water partition coefficient (Wildman–Crippen LogP) is 3.77. The van der Waals surface area contributed by atoms with Crippen molar-refractivity contribution >= 4 is 0 Å². The summed E-state index contributed by atoms with van der Waals surface area (Å²) in [7, 11) is 0. The minimum absolute atomic E-state index is 0.105. The number of nitrogens with zero attached hydrogens (tertiary/aromatic N) is 2. The average Bonchev–Trinajstić information content (AvgIpc) is 2.64. The summed E-state index contributed by atoms with van der Waals surface area (Å²) < 4.78 is 0. The number of hydrogen-bond acceptors (Lipinski definition) is 2. The zero-order valence-electron chi connectivity index (χ0n) is 11.5. The number of aromatic nitrogens is 2. The molecule has 0 aromatic carbocycles. The summed E-state index contributed by atoms with van der Waals surface area (Å²) in [5.74, 6) is 1.35. The van der Waals surface area contributed by atoms with Gasteiger partial charge in [0.2, 0.25) is 0 Å². The molecule has 2 atom stereocenters. The van der Waals surface area contributed by atoms with E-state index in [1.807, 2.05) is 0 Å². The van der Waals surface area contributed by atoms with Gasteiger partial charge in [-0.2, -0.15) is 10.2 Å². The molecule has 92 valence electrons. The molecule has 0 aliphatic heterocycles. The first kappa shape index (κ1) is 11.2. The van der Waals surface area contributed by atoms with Gasteiger partial charge in [-0.25, -0.2) is 0 Å². The van der Waals surface area contributed by atoms with E-state index in [0.29, 0.717) is 17.3 Å². The molecular weight excluding hydrogens is 208 g/mol. The van der Waals surface area contributed by atoms with E-state index in [1.165, 1.54) is 24.1 Å². The molecule has 1 saturated carbocycles. The first-order valence-electron chi connectivity index (χ1n) is 6.70. The molecule has 1 heterocycles. The first-order chi connectivity index (χ1) is 7.82. The molecule has 2 nitrogen and oxygen atoms in total. The van der Waals surface area contributed by atoms with Crippen LogP contribution < -0.4 is 0 Å². The molecule has 2 heteroatoms. The summed E-state index contributed by atoms with van der Waals surface area (Å²) in [5.41, 5.74) is 4.42. The maximum Gasteiger partial charge on any atom is 0.0702 e. The summed E-state index contributed by atoms with van der Waals surface area (Å²) in [6.45, 7) is 11.4. The second kappa shape index (κ2) is 3.09. The van der Waals surface area contributed by atoms with Gasteiger partial charge in [0.05, 0.1) is 11.4 Å². The third-order valence-corrected chi connectivity index (χ3v) is 4.87. The van der Waals surface area contributed by atoms with Crippen LogP contribution in [0.15, 0.2) is 6.07 Å². The lowest BCUT2D eigenvalue weighted by Crippen LogP contribution is -2.16. The van der Waals surface area contributed by atoms with E-state index in [9.17, 15) is 0 Å². The van der Waals surface area contributed by atoms with Gasteiger partial charge in [-0.05, 0) is 35.8 Å². The molecule has 0 N–H and O–H groups in total. The highest BCUT2D eigenvalue weighted by Crippen LogP contribution is 2.63. The zero-order chi connectivity index (χ0) is 12.4. The summed E-state index contributed by atoms with van der Waals surface area (Å²) in [5, 5.41) is 9.01. The van der Waals surface area contributed by atoms with Crippen molar-refractivity contribution in [2.45, 2.75) is 64.7 Å². The minimum atomic E-state index is 0.105. The van der Waals surface area contributed by atoms with Crippen LogP contribution in [0.3, 0.4) is 0 Å².